The van der Waals surface area contributed by atoms with Crippen LogP contribution in [0.1, 0.15) is 26.7 Å². The predicted molar refractivity (Wildman–Crippen MR) is 44.5 cm³/mol. The average Bonchev–Trinajstić information content (AvgIpc) is 2.35. The first-order valence-corrected chi connectivity index (χ1v) is 4.44. The third-order valence-electron chi connectivity index (χ3n) is 3.13. The van der Waals surface area contributed by atoms with Crippen LogP contribution in [0.2, 0.25) is 0 Å². The summed E-state index contributed by atoms with van der Waals surface area (Å²) in [6.45, 7) is 6.53. The Bertz CT molecular complexity index is 188. The zero-order valence-corrected chi connectivity index (χ0v) is 10.6. The first-order valence-electron chi connectivity index (χ1n) is 4.44. The standard InChI is InChI=1S/C10H15O.Y/c1-7-3-4-9-8(2)5-11-6-10(7)9;/h5-7,9-10H,3-4H2,1-2H3;/q-1;+3. The fourth-order valence-corrected chi connectivity index (χ4v) is 2.31. The molecule has 1 heterocycles. The molecule has 0 saturated heterocycles. The SMILES string of the molecule is CC1=CO[CH-]C2C(C)CCC12.[Y+3]. The summed E-state index contributed by atoms with van der Waals surface area (Å²) in [7, 11) is 0. The fraction of sp³-hybridized carbons (Fsp3) is 0.700. The molecule has 0 aromatic heterocycles. The van der Waals surface area contributed by atoms with Gasteiger partial charge >= 0.3 is 32.7 Å². The van der Waals surface area contributed by atoms with Crippen LogP contribution in [0.4, 0.5) is 0 Å². The largest absolute Gasteiger partial charge is 3.00 e. The summed E-state index contributed by atoms with van der Waals surface area (Å²) >= 11 is 0. The van der Waals surface area contributed by atoms with Gasteiger partial charge in [-0.1, -0.05) is 19.3 Å². The normalized spacial score (nSPS) is 39.2. The van der Waals surface area contributed by atoms with Crippen molar-refractivity contribution in [2.24, 2.45) is 17.8 Å². The number of ether oxygens (including phenoxy) is 1. The van der Waals surface area contributed by atoms with Crippen LogP contribution in [0.3, 0.4) is 0 Å². The van der Waals surface area contributed by atoms with E-state index in [1.807, 2.05) is 12.9 Å². The zero-order chi connectivity index (χ0) is 7.84. The zero-order valence-electron chi connectivity index (χ0n) is 7.79. The van der Waals surface area contributed by atoms with Gasteiger partial charge in [-0.15, -0.1) is 5.92 Å². The average molecular weight is 240 g/mol. The second kappa shape index (κ2) is 4.24. The van der Waals surface area contributed by atoms with Crippen molar-refractivity contribution in [1.29, 1.82) is 0 Å². The Kier molecular flexibility index (Phi) is 3.79. The van der Waals surface area contributed by atoms with Gasteiger partial charge in [0.1, 0.15) is 0 Å². The number of fused-ring (bicyclic) bond motifs is 1. The molecule has 0 aromatic carbocycles. The summed E-state index contributed by atoms with van der Waals surface area (Å²) in [5.41, 5.74) is 1.43. The minimum absolute atomic E-state index is 0. The smallest absolute Gasteiger partial charge is 0.667 e. The molecule has 0 bridgehead atoms. The van der Waals surface area contributed by atoms with Crippen molar-refractivity contribution in [3.05, 3.63) is 18.4 Å². The van der Waals surface area contributed by atoms with E-state index in [9.17, 15) is 0 Å². The van der Waals surface area contributed by atoms with Crippen molar-refractivity contribution < 1.29 is 37.4 Å². The number of hydrogen-bond acceptors (Lipinski definition) is 1. The molecule has 0 radical (unpaired) electrons. The molecule has 0 aromatic rings. The Morgan fingerprint density at radius 2 is 2.25 bits per heavy atom. The monoisotopic (exact) mass is 240 g/mol. The van der Waals surface area contributed by atoms with Gasteiger partial charge in [0, 0.05) is 6.26 Å². The maximum Gasteiger partial charge on any atom is 3.00 e. The van der Waals surface area contributed by atoms with Crippen LogP contribution in [0, 0.1) is 24.4 Å². The van der Waals surface area contributed by atoms with E-state index < -0.39 is 0 Å². The van der Waals surface area contributed by atoms with Gasteiger partial charge in [0.05, 0.1) is 0 Å². The molecule has 0 amide bonds. The van der Waals surface area contributed by atoms with Gasteiger partial charge < -0.3 is 4.74 Å². The number of allylic oxidation sites excluding steroid dienone is 1. The molecule has 0 spiro atoms. The third-order valence-corrected chi connectivity index (χ3v) is 3.13. The molecule has 62 valence electrons. The molecule has 1 fully saturated rings. The van der Waals surface area contributed by atoms with Crippen LogP contribution in [0.25, 0.3) is 0 Å². The summed E-state index contributed by atoms with van der Waals surface area (Å²) < 4.78 is 5.28. The van der Waals surface area contributed by atoms with E-state index >= 15 is 0 Å². The maximum absolute atomic E-state index is 5.28. The fourth-order valence-electron chi connectivity index (χ4n) is 2.31. The van der Waals surface area contributed by atoms with Crippen LogP contribution in [-0.4, -0.2) is 0 Å². The summed E-state index contributed by atoms with van der Waals surface area (Å²) in [6.07, 6.45) is 4.62. The van der Waals surface area contributed by atoms with Crippen LogP contribution in [0.15, 0.2) is 11.8 Å². The summed E-state index contributed by atoms with van der Waals surface area (Å²) in [6, 6.07) is 0. The second-order valence-corrected chi connectivity index (χ2v) is 3.87. The summed E-state index contributed by atoms with van der Waals surface area (Å²) in [5, 5.41) is 0. The van der Waals surface area contributed by atoms with E-state index in [4.69, 9.17) is 4.74 Å². The third kappa shape index (κ3) is 1.77. The first-order chi connectivity index (χ1) is 5.29. The van der Waals surface area contributed by atoms with Crippen molar-refractivity contribution >= 4 is 0 Å². The topological polar surface area (TPSA) is 9.23 Å². The second-order valence-electron chi connectivity index (χ2n) is 3.87. The summed E-state index contributed by atoms with van der Waals surface area (Å²) in [5.74, 6) is 2.31. The molecule has 2 aliphatic rings. The van der Waals surface area contributed by atoms with Crippen molar-refractivity contribution in [2.45, 2.75) is 26.7 Å². The van der Waals surface area contributed by atoms with Gasteiger partial charge in [-0.2, -0.15) is 6.61 Å². The van der Waals surface area contributed by atoms with Gasteiger partial charge in [-0.3, -0.25) is 0 Å². The quantitative estimate of drug-likeness (QED) is 0.591. The van der Waals surface area contributed by atoms with Gasteiger partial charge in [-0.25, -0.2) is 0 Å². The molecule has 1 saturated carbocycles. The molecule has 1 aliphatic carbocycles. The van der Waals surface area contributed by atoms with Gasteiger partial charge in [0.2, 0.25) is 0 Å². The molecule has 3 atom stereocenters. The molecule has 2 heteroatoms. The van der Waals surface area contributed by atoms with Crippen molar-refractivity contribution in [1.82, 2.24) is 0 Å². The Balaban J connectivity index is 0.000000720. The van der Waals surface area contributed by atoms with Crippen LogP contribution in [-0.2, 0) is 37.4 Å². The van der Waals surface area contributed by atoms with E-state index in [-0.39, 0.29) is 32.7 Å². The van der Waals surface area contributed by atoms with Gasteiger partial charge in [0.15, 0.2) is 0 Å². The Morgan fingerprint density at radius 1 is 1.50 bits per heavy atom. The maximum atomic E-state index is 5.28. The molecule has 0 N–H and O–H groups in total. The predicted octanol–water partition coefficient (Wildman–Crippen LogP) is 2.74. The van der Waals surface area contributed by atoms with Crippen LogP contribution < -0.4 is 0 Å². The molecule has 1 nitrogen and oxygen atoms in total. The van der Waals surface area contributed by atoms with Crippen LogP contribution >= 0.6 is 0 Å². The van der Waals surface area contributed by atoms with Crippen molar-refractivity contribution in [2.75, 3.05) is 0 Å². The van der Waals surface area contributed by atoms with Crippen LogP contribution in [0.5, 0.6) is 0 Å². The molecule has 3 unspecified atom stereocenters. The Hall–Kier alpha value is 0.644. The number of hydrogen-bond donors (Lipinski definition) is 0. The first kappa shape index (κ1) is 10.7. The minimum atomic E-state index is 0. The molecular weight excluding hydrogens is 225 g/mol. The molecule has 2 rings (SSSR count). The molecule has 12 heavy (non-hydrogen) atoms. The molecule has 1 aliphatic heterocycles. The van der Waals surface area contributed by atoms with E-state index in [1.54, 1.807) is 0 Å². The van der Waals surface area contributed by atoms with Gasteiger partial charge in [-0.05, 0) is 24.8 Å². The van der Waals surface area contributed by atoms with Crippen molar-refractivity contribution in [3.8, 4) is 0 Å². The Labute approximate surface area is 99.8 Å². The molecular formula is C10H15OY+2. The summed E-state index contributed by atoms with van der Waals surface area (Å²) in [4.78, 5) is 0. The van der Waals surface area contributed by atoms with Gasteiger partial charge in [0.25, 0.3) is 0 Å². The van der Waals surface area contributed by atoms with E-state index in [0.29, 0.717) is 5.92 Å². The minimum Gasteiger partial charge on any atom is -0.667 e. The van der Waals surface area contributed by atoms with Crippen molar-refractivity contribution in [3.63, 3.8) is 0 Å². The number of rotatable bonds is 0. The van der Waals surface area contributed by atoms with E-state index in [0.717, 1.165) is 11.8 Å². The Morgan fingerprint density at radius 3 is 2.92 bits per heavy atom. The van der Waals surface area contributed by atoms with E-state index in [1.165, 1.54) is 18.4 Å². The van der Waals surface area contributed by atoms with E-state index in [2.05, 4.69) is 13.8 Å².